The lowest BCUT2D eigenvalue weighted by molar-refractivity contribution is -0.0448. The Morgan fingerprint density at radius 2 is 1.92 bits per heavy atom. The minimum absolute atomic E-state index is 0.375. The van der Waals surface area contributed by atoms with Crippen molar-refractivity contribution in [2.24, 2.45) is 5.92 Å². The van der Waals surface area contributed by atoms with E-state index in [-0.39, 0.29) is 6.61 Å². The Balaban J connectivity index is 4.22. The van der Waals surface area contributed by atoms with Crippen molar-refractivity contribution in [3.8, 4) is 0 Å². The van der Waals surface area contributed by atoms with E-state index in [2.05, 4.69) is 0 Å². The van der Waals surface area contributed by atoms with Gasteiger partial charge in [0, 0.05) is 13.2 Å². The normalized spacial score (nSPS) is 15.8. The van der Waals surface area contributed by atoms with Crippen LogP contribution in [0.3, 0.4) is 0 Å². The topological polar surface area (TPSA) is 66.4 Å². The van der Waals surface area contributed by atoms with Gasteiger partial charge in [0.1, 0.15) is 0 Å². The zero-order valence-corrected chi connectivity index (χ0v) is 7.61. The summed E-state index contributed by atoms with van der Waals surface area (Å²) in [4.78, 5) is 0. The van der Waals surface area contributed by atoms with Crippen LogP contribution in [0, 0.1) is 5.92 Å². The van der Waals surface area contributed by atoms with Crippen LogP contribution in [0.2, 0.25) is 0 Å². The van der Waals surface area contributed by atoms with Gasteiger partial charge < -0.3 is 5.11 Å². The van der Waals surface area contributed by atoms with Crippen LogP contribution >= 0.6 is 0 Å². The Labute approximate surface area is 73.8 Å². The summed E-state index contributed by atoms with van der Waals surface area (Å²) in [6.45, 7) is 0.609. The van der Waals surface area contributed by atoms with Gasteiger partial charge in [0.15, 0.2) is 0 Å². The predicted molar refractivity (Wildman–Crippen MR) is 39.2 cm³/mol. The molecule has 0 amide bonds. The molecule has 8 heteroatoms. The fraction of sp³-hybridized carbons (Fsp3) is 1.00. The summed E-state index contributed by atoms with van der Waals surface area (Å²) < 4.78 is 57.1. The SMILES string of the molecule is CC(CO)CNS(=O)(=O)C(F)(F)F. The van der Waals surface area contributed by atoms with Crippen LogP contribution in [0.5, 0.6) is 0 Å². The molecule has 0 aliphatic carbocycles. The third-order valence-corrected chi connectivity index (χ3v) is 2.39. The van der Waals surface area contributed by atoms with Crippen molar-refractivity contribution in [2.45, 2.75) is 12.4 Å². The summed E-state index contributed by atoms with van der Waals surface area (Å²) >= 11 is 0. The summed E-state index contributed by atoms with van der Waals surface area (Å²) in [7, 11) is -5.26. The van der Waals surface area contributed by atoms with Gasteiger partial charge in [-0.3, -0.25) is 0 Å². The molecule has 0 aliphatic rings. The summed E-state index contributed by atoms with van der Waals surface area (Å²) in [5.41, 5.74) is -5.29. The first kappa shape index (κ1) is 12.7. The van der Waals surface area contributed by atoms with Gasteiger partial charge in [0.05, 0.1) is 0 Å². The molecule has 0 saturated carbocycles. The van der Waals surface area contributed by atoms with Gasteiger partial charge in [-0.25, -0.2) is 13.1 Å². The number of rotatable bonds is 4. The Kier molecular flexibility index (Phi) is 4.14. The van der Waals surface area contributed by atoms with Crippen molar-refractivity contribution in [3.05, 3.63) is 0 Å². The van der Waals surface area contributed by atoms with Gasteiger partial charge in [-0.2, -0.15) is 13.2 Å². The molecule has 13 heavy (non-hydrogen) atoms. The van der Waals surface area contributed by atoms with E-state index in [4.69, 9.17) is 5.11 Å². The monoisotopic (exact) mass is 221 g/mol. The number of aliphatic hydroxyl groups is 1. The molecule has 0 radical (unpaired) electrons. The lowest BCUT2D eigenvalue weighted by Gasteiger charge is -2.11. The first-order chi connectivity index (χ1) is 5.70. The van der Waals surface area contributed by atoms with Crippen molar-refractivity contribution in [1.82, 2.24) is 4.72 Å². The maximum absolute atomic E-state index is 11.7. The quantitative estimate of drug-likeness (QED) is 0.705. The molecule has 0 heterocycles. The van der Waals surface area contributed by atoms with Crippen LogP contribution in [0.15, 0.2) is 0 Å². The van der Waals surface area contributed by atoms with E-state index in [9.17, 15) is 21.6 Å². The highest BCUT2D eigenvalue weighted by Crippen LogP contribution is 2.21. The maximum Gasteiger partial charge on any atom is 0.511 e. The molecule has 0 aliphatic heterocycles. The van der Waals surface area contributed by atoms with E-state index >= 15 is 0 Å². The highest BCUT2D eigenvalue weighted by Gasteiger charge is 2.45. The molecule has 2 N–H and O–H groups in total. The molecule has 0 aromatic heterocycles. The molecule has 0 spiro atoms. The van der Waals surface area contributed by atoms with E-state index < -0.39 is 28.0 Å². The Hall–Kier alpha value is -0.340. The molecule has 0 aromatic rings. The van der Waals surface area contributed by atoms with E-state index in [1.54, 1.807) is 0 Å². The van der Waals surface area contributed by atoms with Gasteiger partial charge in [0.25, 0.3) is 0 Å². The van der Waals surface area contributed by atoms with E-state index in [0.29, 0.717) is 0 Å². The van der Waals surface area contributed by atoms with Crippen molar-refractivity contribution < 1.29 is 26.7 Å². The van der Waals surface area contributed by atoms with Gasteiger partial charge in [-0.1, -0.05) is 6.92 Å². The number of aliphatic hydroxyl groups excluding tert-OH is 1. The van der Waals surface area contributed by atoms with E-state index in [1.165, 1.54) is 11.6 Å². The van der Waals surface area contributed by atoms with Gasteiger partial charge in [-0.15, -0.1) is 0 Å². The summed E-state index contributed by atoms with van der Waals surface area (Å²) in [5, 5.41) is 8.42. The first-order valence-corrected chi connectivity index (χ1v) is 4.86. The average molecular weight is 221 g/mol. The fourth-order valence-corrected chi connectivity index (χ4v) is 1.07. The van der Waals surface area contributed by atoms with Crippen LogP contribution in [0.4, 0.5) is 13.2 Å². The molecule has 0 bridgehead atoms. The van der Waals surface area contributed by atoms with Crippen LogP contribution in [-0.4, -0.2) is 32.2 Å². The molecule has 0 aromatic carbocycles. The number of hydrogen-bond acceptors (Lipinski definition) is 3. The van der Waals surface area contributed by atoms with E-state index in [0.717, 1.165) is 0 Å². The Morgan fingerprint density at radius 3 is 2.23 bits per heavy atom. The Morgan fingerprint density at radius 1 is 1.46 bits per heavy atom. The lowest BCUT2D eigenvalue weighted by atomic mass is 10.2. The van der Waals surface area contributed by atoms with Crippen LogP contribution in [0.25, 0.3) is 0 Å². The maximum atomic E-state index is 11.7. The summed E-state index contributed by atoms with van der Waals surface area (Å²) in [5.74, 6) is -0.544. The van der Waals surface area contributed by atoms with Crippen LogP contribution < -0.4 is 4.72 Å². The largest absolute Gasteiger partial charge is 0.511 e. The second-order valence-corrected chi connectivity index (χ2v) is 4.34. The molecular weight excluding hydrogens is 211 g/mol. The minimum Gasteiger partial charge on any atom is -0.396 e. The number of sulfonamides is 1. The molecule has 80 valence electrons. The van der Waals surface area contributed by atoms with E-state index in [1.807, 2.05) is 0 Å². The molecule has 0 saturated heterocycles. The van der Waals surface area contributed by atoms with Gasteiger partial charge in [-0.05, 0) is 5.92 Å². The number of hydrogen-bond donors (Lipinski definition) is 2. The molecule has 0 fully saturated rings. The molecule has 4 nitrogen and oxygen atoms in total. The molecule has 1 atom stereocenters. The molecular formula is C5H10F3NO3S. The molecule has 0 rings (SSSR count). The highest BCUT2D eigenvalue weighted by molar-refractivity contribution is 7.90. The Bertz CT molecular complexity index is 248. The smallest absolute Gasteiger partial charge is 0.396 e. The van der Waals surface area contributed by atoms with Gasteiger partial charge >= 0.3 is 15.5 Å². The highest BCUT2D eigenvalue weighted by atomic mass is 32.2. The standard InChI is InChI=1S/C5H10F3NO3S/c1-4(3-10)2-9-13(11,12)5(6,7)8/h4,9-10H,2-3H2,1H3. The number of halogens is 3. The zero-order chi connectivity index (χ0) is 10.7. The van der Waals surface area contributed by atoms with Crippen LogP contribution in [0.1, 0.15) is 6.92 Å². The number of nitrogens with one attached hydrogen (secondary N) is 1. The third-order valence-electron chi connectivity index (χ3n) is 1.24. The predicted octanol–water partition coefficient (Wildman–Crippen LogP) is 0.0540. The third kappa shape index (κ3) is 3.92. The first-order valence-electron chi connectivity index (χ1n) is 3.37. The zero-order valence-electron chi connectivity index (χ0n) is 6.80. The fourth-order valence-electron chi connectivity index (χ4n) is 0.398. The summed E-state index contributed by atoms with van der Waals surface area (Å²) in [6.07, 6.45) is 0. The lowest BCUT2D eigenvalue weighted by Crippen LogP contribution is -2.39. The second kappa shape index (κ2) is 4.25. The van der Waals surface area contributed by atoms with Crippen molar-refractivity contribution in [3.63, 3.8) is 0 Å². The van der Waals surface area contributed by atoms with Gasteiger partial charge in [0.2, 0.25) is 0 Å². The van der Waals surface area contributed by atoms with Crippen molar-refractivity contribution >= 4 is 10.0 Å². The van der Waals surface area contributed by atoms with Crippen LogP contribution in [-0.2, 0) is 10.0 Å². The molecule has 1 unspecified atom stereocenters. The number of alkyl halides is 3. The summed E-state index contributed by atoms with van der Waals surface area (Å²) in [6, 6.07) is 0. The van der Waals surface area contributed by atoms with Crippen molar-refractivity contribution in [1.29, 1.82) is 0 Å². The average Bonchev–Trinajstić information content (AvgIpc) is 1.98. The minimum atomic E-state index is -5.29. The second-order valence-electron chi connectivity index (χ2n) is 2.59. The van der Waals surface area contributed by atoms with Crippen molar-refractivity contribution in [2.75, 3.05) is 13.2 Å².